The van der Waals surface area contributed by atoms with Gasteiger partial charge in [0.2, 0.25) is 0 Å². The minimum atomic E-state index is -0.196. The maximum atomic E-state index is 13.2. The van der Waals surface area contributed by atoms with E-state index < -0.39 is 0 Å². The number of halogens is 3. The number of likely N-dealkylation sites (N-methyl/N-ethyl adjacent to an activating group) is 1. The van der Waals surface area contributed by atoms with Gasteiger partial charge in [0.25, 0.3) is 5.91 Å². The molecule has 2 aromatic carbocycles. The number of benzene rings is 2. The monoisotopic (exact) mass is 531 g/mol. The molecule has 0 aliphatic rings. The molecule has 180 valence electrons. The van der Waals surface area contributed by atoms with Crippen LogP contribution in [0.5, 0.6) is 11.5 Å². The van der Waals surface area contributed by atoms with Crippen LogP contribution in [0.4, 0.5) is 5.13 Å². The van der Waals surface area contributed by atoms with E-state index in [1.165, 1.54) is 11.3 Å². The first kappa shape index (κ1) is 27.5. The largest absolute Gasteiger partial charge is 0.494 e. The predicted octanol–water partition coefficient (Wildman–Crippen LogP) is 6.10. The number of hydrogen-bond acceptors (Lipinski definition) is 6. The quantitative estimate of drug-likeness (QED) is 0.316. The number of aromatic nitrogens is 1. The van der Waals surface area contributed by atoms with Gasteiger partial charge in [-0.15, -0.1) is 12.4 Å². The second-order valence-electron chi connectivity index (χ2n) is 7.19. The summed E-state index contributed by atoms with van der Waals surface area (Å²) in [5.41, 5.74) is 1.85. The molecule has 0 aliphatic carbocycles. The van der Waals surface area contributed by atoms with Crippen molar-refractivity contribution in [3.8, 4) is 11.5 Å². The fourth-order valence-corrected chi connectivity index (χ4v) is 4.85. The first-order chi connectivity index (χ1) is 15.4. The van der Waals surface area contributed by atoms with Gasteiger partial charge in [-0.3, -0.25) is 9.69 Å². The van der Waals surface area contributed by atoms with Crippen LogP contribution in [0.2, 0.25) is 10.0 Å². The first-order valence-electron chi connectivity index (χ1n) is 10.4. The van der Waals surface area contributed by atoms with Gasteiger partial charge in [-0.1, -0.05) is 54.5 Å². The van der Waals surface area contributed by atoms with Crippen LogP contribution < -0.4 is 14.4 Å². The summed E-state index contributed by atoms with van der Waals surface area (Å²) in [6.07, 6.45) is 0. The average molecular weight is 533 g/mol. The van der Waals surface area contributed by atoms with Gasteiger partial charge in [-0.25, -0.2) is 4.98 Å². The van der Waals surface area contributed by atoms with Crippen LogP contribution in [0, 0.1) is 6.92 Å². The molecule has 0 bridgehead atoms. The molecule has 0 aliphatic heterocycles. The topological polar surface area (TPSA) is 54.9 Å². The zero-order valence-corrected chi connectivity index (χ0v) is 22.2. The van der Waals surface area contributed by atoms with Crippen molar-refractivity contribution in [3.63, 3.8) is 0 Å². The third kappa shape index (κ3) is 6.64. The van der Waals surface area contributed by atoms with Crippen LogP contribution in [-0.4, -0.2) is 55.7 Å². The number of methoxy groups -OCH3 is 1. The third-order valence-corrected chi connectivity index (χ3v) is 6.97. The summed E-state index contributed by atoms with van der Waals surface area (Å²) < 4.78 is 12.2. The molecular weight excluding hydrogens is 505 g/mol. The number of thiazole rings is 1. The summed E-state index contributed by atoms with van der Waals surface area (Å²) in [5.74, 6) is 0.905. The van der Waals surface area contributed by atoms with E-state index in [4.69, 9.17) is 37.7 Å². The van der Waals surface area contributed by atoms with Gasteiger partial charge in [0.1, 0.15) is 17.0 Å². The van der Waals surface area contributed by atoms with E-state index in [1.807, 2.05) is 19.1 Å². The minimum absolute atomic E-state index is 0. The van der Waals surface area contributed by atoms with E-state index in [9.17, 15) is 4.79 Å². The Hall–Kier alpha value is -1.77. The van der Waals surface area contributed by atoms with E-state index >= 15 is 0 Å². The summed E-state index contributed by atoms with van der Waals surface area (Å²) in [4.78, 5) is 22.0. The molecular formula is C23H28Cl3N3O3S. The van der Waals surface area contributed by atoms with Gasteiger partial charge in [-0.2, -0.15) is 0 Å². The number of hydrogen-bond donors (Lipinski definition) is 0. The van der Waals surface area contributed by atoms with E-state index in [-0.39, 0.29) is 24.9 Å². The van der Waals surface area contributed by atoms with E-state index in [2.05, 4.69) is 18.7 Å². The Morgan fingerprint density at radius 1 is 1.09 bits per heavy atom. The van der Waals surface area contributed by atoms with Crippen molar-refractivity contribution in [1.29, 1.82) is 0 Å². The fraction of sp³-hybridized carbons (Fsp3) is 0.391. The second-order valence-corrected chi connectivity index (χ2v) is 9.02. The molecule has 0 atom stereocenters. The van der Waals surface area contributed by atoms with Crippen molar-refractivity contribution in [2.75, 3.05) is 44.8 Å². The number of anilines is 1. The normalized spacial score (nSPS) is 10.9. The molecule has 0 spiro atoms. The summed E-state index contributed by atoms with van der Waals surface area (Å²) in [5, 5.41) is 1.49. The number of carbonyl (C=O) groups is 1. The van der Waals surface area contributed by atoms with E-state index in [0.29, 0.717) is 33.2 Å². The number of rotatable bonds is 10. The summed E-state index contributed by atoms with van der Waals surface area (Å²) in [6, 6.07) is 8.81. The van der Waals surface area contributed by atoms with Crippen LogP contribution in [0.15, 0.2) is 30.3 Å². The Morgan fingerprint density at radius 3 is 2.42 bits per heavy atom. The summed E-state index contributed by atoms with van der Waals surface area (Å²) >= 11 is 13.6. The van der Waals surface area contributed by atoms with Crippen molar-refractivity contribution >= 4 is 68.2 Å². The average Bonchev–Trinajstić information content (AvgIpc) is 3.22. The lowest BCUT2D eigenvalue weighted by atomic mass is 10.2. The molecule has 3 aromatic rings. The van der Waals surface area contributed by atoms with Crippen molar-refractivity contribution in [2.45, 2.75) is 20.8 Å². The summed E-state index contributed by atoms with van der Waals surface area (Å²) in [6.45, 7) is 9.11. The Kier molecular flexibility index (Phi) is 10.5. The van der Waals surface area contributed by atoms with Gasteiger partial charge in [0.05, 0.1) is 16.8 Å². The Labute approximate surface area is 214 Å². The molecule has 10 heteroatoms. The Balaban J connectivity index is 0.00000385. The smallest absolute Gasteiger partial charge is 0.266 e. The molecule has 0 fully saturated rings. The molecule has 0 saturated heterocycles. The summed E-state index contributed by atoms with van der Waals surface area (Å²) in [7, 11) is 1.62. The number of aryl methyl sites for hydroxylation is 1. The standard InChI is InChI=1S/C23H27Cl2N3O3S.ClH/c1-5-27(6-2)11-12-28(20(29)14-31-18-10-8-16(24)13-17(18)25)23-26-21-19(30-4)9-7-15(3)22(21)32-23;/h7-10,13H,5-6,11-12,14H2,1-4H3;1H. The highest BCUT2D eigenvalue weighted by molar-refractivity contribution is 7.22. The second kappa shape index (κ2) is 12.6. The maximum Gasteiger partial charge on any atom is 0.266 e. The molecule has 33 heavy (non-hydrogen) atoms. The number of fused-ring (bicyclic) bond motifs is 1. The molecule has 1 aromatic heterocycles. The Morgan fingerprint density at radius 2 is 1.79 bits per heavy atom. The highest BCUT2D eigenvalue weighted by Crippen LogP contribution is 2.36. The van der Waals surface area contributed by atoms with Crippen LogP contribution in [0.1, 0.15) is 19.4 Å². The lowest BCUT2D eigenvalue weighted by Crippen LogP contribution is -2.41. The van der Waals surface area contributed by atoms with Crippen LogP contribution in [0.25, 0.3) is 10.2 Å². The van der Waals surface area contributed by atoms with Crippen LogP contribution in [0.3, 0.4) is 0 Å². The minimum Gasteiger partial charge on any atom is -0.494 e. The fourth-order valence-electron chi connectivity index (χ4n) is 3.30. The number of nitrogens with zero attached hydrogens (tertiary/aromatic N) is 3. The van der Waals surface area contributed by atoms with Gasteiger partial charge in [0.15, 0.2) is 11.7 Å². The maximum absolute atomic E-state index is 13.2. The molecule has 0 radical (unpaired) electrons. The lowest BCUT2D eigenvalue weighted by Gasteiger charge is -2.24. The van der Waals surface area contributed by atoms with E-state index in [1.54, 1.807) is 30.2 Å². The Bertz CT molecular complexity index is 1090. The molecule has 0 N–H and O–H groups in total. The van der Waals surface area contributed by atoms with Gasteiger partial charge in [0, 0.05) is 18.1 Å². The van der Waals surface area contributed by atoms with Gasteiger partial charge >= 0.3 is 0 Å². The zero-order chi connectivity index (χ0) is 23.3. The van der Waals surface area contributed by atoms with Gasteiger partial charge in [-0.05, 0) is 49.8 Å². The van der Waals surface area contributed by atoms with Crippen LogP contribution in [-0.2, 0) is 4.79 Å². The lowest BCUT2D eigenvalue weighted by molar-refractivity contribution is -0.120. The first-order valence-corrected chi connectivity index (χ1v) is 12.0. The highest BCUT2D eigenvalue weighted by atomic mass is 35.5. The molecule has 1 amide bonds. The predicted molar refractivity (Wildman–Crippen MR) is 140 cm³/mol. The number of amides is 1. The molecule has 0 saturated carbocycles. The molecule has 0 unspecified atom stereocenters. The third-order valence-electron chi connectivity index (χ3n) is 5.22. The molecule has 3 rings (SSSR count). The van der Waals surface area contributed by atoms with Crippen molar-refractivity contribution in [1.82, 2.24) is 9.88 Å². The van der Waals surface area contributed by atoms with Crippen molar-refractivity contribution in [3.05, 3.63) is 45.9 Å². The SMILES string of the molecule is CCN(CC)CCN(C(=O)COc1ccc(Cl)cc1Cl)c1nc2c(OC)ccc(C)c2s1.Cl. The zero-order valence-electron chi connectivity index (χ0n) is 19.1. The molecule has 1 heterocycles. The number of carbonyl (C=O) groups excluding carboxylic acids is 1. The highest BCUT2D eigenvalue weighted by Gasteiger charge is 2.23. The molecule has 6 nitrogen and oxygen atoms in total. The van der Waals surface area contributed by atoms with E-state index in [0.717, 1.165) is 35.4 Å². The van der Waals surface area contributed by atoms with Gasteiger partial charge < -0.3 is 14.4 Å². The van der Waals surface area contributed by atoms with Crippen molar-refractivity contribution < 1.29 is 14.3 Å². The van der Waals surface area contributed by atoms with Crippen molar-refractivity contribution in [2.24, 2.45) is 0 Å². The van der Waals surface area contributed by atoms with Crippen LogP contribution >= 0.6 is 46.9 Å². The number of ether oxygens (including phenoxy) is 2.